The summed E-state index contributed by atoms with van der Waals surface area (Å²) in [5.74, 6) is -0.230. The van der Waals surface area contributed by atoms with Gasteiger partial charge in [0.2, 0.25) is 5.91 Å². The first kappa shape index (κ1) is 15.3. The van der Waals surface area contributed by atoms with Gasteiger partial charge in [-0.1, -0.05) is 0 Å². The summed E-state index contributed by atoms with van der Waals surface area (Å²) < 4.78 is 5.23. The molecule has 0 aromatic rings. The van der Waals surface area contributed by atoms with Gasteiger partial charge in [-0.15, -0.1) is 0 Å². The number of nitrogens with zero attached hydrogens (tertiary/aromatic N) is 1. The van der Waals surface area contributed by atoms with E-state index in [0.29, 0.717) is 19.5 Å². The highest BCUT2D eigenvalue weighted by Gasteiger charge is 2.43. The second-order valence-electron chi connectivity index (χ2n) is 4.71. The smallest absolute Gasteiger partial charge is 0.329 e. The number of carboxylic acids is 1. The zero-order valence-corrected chi connectivity index (χ0v) is 11.5. The van der Waals surface area contributed by atoms with Gasteiger partial charge in [0, 0.05) is 0 Å². The van der Waals surface area contributed by atoms with Crippen molar-refractivity contribution < 1.29 is 19.4 Å². The number of hydrogen-bond acceptors (Lipinski definition) is 5. The normalized spacial score (nSPS) is 19.2. The Labute approximate surface area is 111 Å². The Balaban J connectivity index is 2.32. The average Bonchev–Trinajstić information content (AvgIpc) is 2.28. The van der Waals surface area contributed by atoms with Crippen LogP contribution in [0.5, 0.6) is 0 Å². The van der Waals surface area contributed by atoms with Crippen molar-refractivity contribution >= 4 is 23.6 Å². The number of carbonyl (C=O) groups excluding carboxylic acids is 1. The summed E-state index contributed by atoms with van der Waals surface area (Å²) in [7, 11) is 0. The maximum atomic E-state index is 11.9. The summed E-state index contributed by atoms with van der Waals surface area (Å²) in [5.41, 5.74) is 5.24. The number of aliphatic carboxylic acids is 1. The van der Waals surface area contributed by atoms with Gasteiger partial charge < -0.3 is 20.5 Å². The molecular formula is C11H20N2O4S. The van der Waals surface area contributed by atoms with Crippen LogP contribution in [-0.4, -0.2) is 65.2 Å². The van der Waals surface area contributed by atoms with E-state index >= 15 is 0 Å². The van der Waals surface area contributed by atoms with Crippen LogP contribution in [0.25, 0.3) is 0 Å². The third kappa shape index (κ3) is 4.15. The Bertz CT molecular complexity index is 318. The van der Waals surface area contributed by atoms with Gasteiger partial charge >= 0.3 is 5.97 Å². The molecule has 1 amide bonds. The highest BCUT2D eigenvalue weighted by Crippen LogP contribution is 2.25. The van der Waals surface area contributed by atoms with Gasteiger partial charge in [-0.05, 0) is 25.4 Å². The molecule has 0 aromatic carbocycles. The molecule has 18 heavy (non-hydrogen) atoms. The van der Waals surface area contributed by atoms with E-state index in [-0.39, 0.29) is 12.5 Å². The van der Waals surface area contributed by atoms with Crippen LogP contribution in [-0.2, 0) is 14.3 Å². The molecule has 104 valence electrons. The number of rotatable bonds is 7. The van der Waals surface area contributed by atoms with Crippen molar-refractivity contribution in [2.45, 2.75) is 25.0 Å². The molecule has 3 N–H and O–H groups in total. The van der Waals surface area contributed by atoms with Gasteiger partial charge in [-0.3, -0.25) is 4.79 Å². The first-order chi connectivity index (χ1) is 8.38. The SMILES string of the molecule is CSCC[C@H](N)C(=O)N1CC(C)(OCC(=O)O)C1. The molecule has 1 atom stereocenters. The van der Waals surface area contributed by atoms with Crippen LogP contribution in [0.2, 0.25) is 0 Å². The van der Waals surface area contributed by atoms with Crippen molar-refractivity contribution in [2.75, 3.05) is 31.7 Å². The van der Waals surface area contributed by atoms with E-state index in [2.05, 4.69) is 0 Å². The predicted octanol–water partition coefficient (Wildman–Crippen LogP) is -0.231. The van der Waals surface area contributed by atoms with E-state index in [1.807, 2.05) is 6.26 Å². The molecule has 1 rings (SSSR count). The number of likely N-dealkylation sites (tertiary alicyclic amines) is 1. The predicted molar refractivity (Wildman–Crippen MR) is 69.5 cm³/mol. The topological polar surface area (TPSA) is 92.9 Å². The molecule has 0 aliphatic carbocycles. The second-order valence-corrected chi connectivity index (χ2v) is 5.70. The van der Waals surface area contributed by atoms with E-state index in [0.717, 1.165) is 5.75 Å². The second kappa shape index (κ2) is 6.40. The van der Waals surface area contributed by atoms with E-state index in [4.69, 9.17) is 15.6 Å². The Morgan fingerprint density at radius 2 is 2.17 bits per heavy atom. The molecule has 1 aliphatic rings. The van der Waals surface area contributed by atoms with Crippen LogP contribution in [0.3, 0.4) is 0 Å². The first-order valence-corrected chi connectivity index (χ1v) is 7.16. The standard InChI is InChI=1S/C11H20N2O4S/c1-11(17-5-9(14)15)6-13(7-11)10(16)8(12)3-4-18-2/h8H,3-7,12H2,1-2H3,(H,14,15)/t8-/m0/s1. The lowest BCUT2D eigenvalue weighted by molar-refractivity contribution is -0.174. The largest absolute Gasteiger partial charge is 0.480 e. The Morgan fingerprint density at radius 1 is 1.56 bits per heavy atom. The fraction of sp³-hybridized carbons (Fsp3) is 0.818. The van der Waals surface area contributed by atoms with E-state index in [1.165, 1.54) is 0 Å². The number of amides is 1. The van der Waals surface area contributed by atoms with Crippen LogP contribution in [0, 0.1) is 0 Å². The maximum absolute atomic E-state index is 11.9. The molecule has 0 radical (unpaired) electrons. The van der Waals surface area contributed by atoms with E-state index in [1.54, 1.807) is 23.6 Å². The fourth-order valence-corrected chi connectivity index (χ4v) is 2.34. The van der Waals surface area contributed by atoms with Gasteiger partial charge in [0.05, 0.1) is 19.1 Å². The molecule has 1 saturated heterocycles. The third-order valence-corrected chi connectivity index (χ3v) is 3.50. The summed E-state index contributed by atoms with van der Waals surface area (Å²) in [6.07, 6.45) is 2.63. The van der Waals surface area contributed by atoms with Gasteiger partial charge in [0.15, 0.2) is 0 Å². The zero-order valence-electron chi connectivity index (χ0n) is 10.7. The van der Waals surface area contributed by atoms with Crippen LogP contribution < -0.4 is 5.73 Å². The molecule has 0 unspecified atom stereocenters. The number of carbonyl (C=O) groups is 2. The summed E-state index contributed by atoms with van der Waals surface area (Å²) >= 11 is 1.66. The van der Waals surface area contributed by atoms with E-state index < -0.39 is 17.6 Å². The van der Waals surface area contributed by atoms with Gasteiger partial charge in [-0.2, -0.15) is 11.8 Å². The molecule has 1 fully saturated rings. The Hall–Kier alpha value is -0.790. The summed E-state index contributed by atoms with van der Waals surface area (Å²) in [6.45, 7) is 2.28. The van der Waals surface area contributed by atoms with Crippen LogP contribution >= 0.6 is 11.8 Å². The summed E-state index contributed by atoms with van der Waals surface area (Å²) in [6, 6.07) is -0.471. The van der Waals surface area contributed by atoms with Crippen LogP contribution in [0.4, 0.5) is 0 Å². The third-order valence-electron chi connectivity index (χ3n) is 2.86. The lowest BCUT2D eigenvalue weighted by atomic mass is 9.95. The van der Waals surface area contributed by atoms with E-state index in [9.17, 15) is 9.59 Å². The quantitative estimate of drug-likeness (QED) is 0.667. The first-order valence-electron chi connectivity index (χ1n) is 5.77. The highest BCUT2D eigenvalue weighted by atomic mass is 32.2. The number of ether oxygens (including phenoxy) is 1. The molecule has 0 bridgehead atoms. The van der Waals surface area contributed by atoms with Crippen LogP contribution in [0.15, 0.2) is 0 Å². The molecule has 6 nitrogen and oxygen atoms in total. The lowest BCUT2D eigenvalue weighted by Crippen LogP contribution is -2.65. The lowest BCUT2D eigenvalue weighted by Gasteiger charge is -2.48. The molecular weight excluding hydrogens is 256 g/mol. The van der Waals surface area contributed by atoms with Crippen molar-refractivity contribution in [3.05, 3.63) is 0 Å². The van der Waals surface area contributed by atoms with Gasteiger partial charge in [0.1, 0.15) is 12.2 Å². The fourth-order valence-electron chi connectivity index (χ4n) is 1.85. The Morgan fingerprint density at radius 3 is 2.67 bits per heavy atom. The maximum Gasteiger partial charge on any atom is 0.329 e. The molecule has 7 heteroatoms. The molecule has 0 spiro atoms. The number of carboxylic acid groups (broad SMARTS) is 1. The molecule has 0 saturated carbocycles. The van der Waals surface area contributed by atoms with Crippen molar-refractivity contribution in [1.82, 2.24) is 4.90 Å². The number of hydrogen-bond donors (Lipinski definition) is 2. The highest BCUT2D eigenvalue weighted by molar-refractivity contribution is 7.98. The molecule has 0 aromatic heterocycles. The van der Waals surface area contributed by atoms with Crippen LogP contribution in [0.1, 0.15) is 13.3 Å². The minimum absolute atomic E-state index is 0.0829. The van der Waals surface area contributed by atoms with Crippen molar-refractivity contribution in [2.24, 2.45) is 5.73 Å². The van der Waals surface area contributed by atoms with Gasteiger partial charge in [0.25, 0.3) is 0 Å². The molecule has 1 aliphatic heterocycles. The summed E-state index contributed by atoms with van der Waals surface area (Å²) in [5, 5.41) is 8.53. The zero-order chi connectivity index (χ0) is 13.8. The Kier molecular flexibility index (Phi) is 5.43. The minimum atomic E-state index is -1.00. The van der Waals surface area contributed by atoms with Crippen molar-refractivity contribution in [3.63, 3.8) is 0 Å². The molecule has 1 heterocycles. The monoisotopic (exact) mass is 276 g/mol. The van der Waals surface area contributed by atoms with Crippen molar-refractivity contribution in [1.29, 1.82) is 0 Å². The number of thioether (sulfide) groups is 1. The average molecular weight is 276 g/mol. The minimum Gasteiger partial charge on any atom is -0.480 e. The van der Waals surface area contributed by atoms with Gasteiger partial charge in [-0.25, -0.2) is 4.79 Å². The summed E-state index contributed by atoms with van der Waals surface area (Å²) in [4.78, 5) is 23.9. The van der Waals surface area contributed by atoms with Crippen molar-refractivity contribution in [3.8, 4) is 0 Å². The number of nitrogens with two attached hydrogens (primary N) is 1.